The minimum absolute atomic E-state index is 0.336. The fraction of sp³-hybridized carbons (Fsp3) is 0.130. The van der Waals surface area contributed by atoms with Crippen LogP contribution in [0.5, 0.6) is 0 Å². The van der Waals surface area contributed by atoms with Gasteiger partial charge in [-0.05, 0) is 112 Å². The van der Waals surface area contributed by atoms with E-state index in [1.165, 1.54) is 0 Å². The van der Waals surface area contributed by atoms with E-state index in [1.54, 1.807) is 0 Å². The van der Waals surface area contributed by atoms with Crippen molar-refractivity contribution in [2.24, 2.45) is 0 Å². The molecule has 360 valence electrons. The summed E-state index contributed by atoms with van der Waals surface area (Å²) in [5, 5.41) is 56.7. The van der Waals surface area contributed by atoms with Crippen molar-refractivity contribution >= 4 is 64.6 Å². The van der Waals surface area contributed by atoms with E-state index < -0.39 is 34.3 Å². The standard InChI is InChI=1S/C69H54O5/c1-65(2)73-64(68(71,60-41-17-29-48-23-5-11-35-54(48)60)61-42-18-30-49-24-6-12-36-55(49)61)67(74-65,69(72,62-43-19-31-50-25-7-13-37-56(50)62)63-44-20-32-51-26-8-14-38-57(51)63)45-66(70,58-39-15-27-46-21-3-9-33-52(46)58)59-40-16-28-47-22-4-10-34-53(47)59/h3-44,64,70-72H,45H2,1-2H3/t64-,67-/m0/s1. The van der Waals surface area contributed by atoms with Gasteiger partial charge in [0.1, 0.15) is 28.5 Å². The van der Waals surface area contributed by atoms with Crippen LogP contribution in [-0.4, -0.2) is 32.8 Å². The van der Waals surface area contributed by atoms with Gasteiger partial charge < -0.3 is 24.8 Å². The summed E-state index contributed by atoms with van der Waals surface area (Å²) in [5.41, 5.74) is -5.17. The lowest BCUT2D eigenvalue weighted by Gasteiger charge is -2.54. The van der Waals surface area contributed by atoms with Crippen LogP contribution in [0, 0.1) is 0 Å². The van der Waals surface area contributed by atoms with Gasteiger partial charge in [-0.3, -0.25) is 0 Å². The van der Waals surface area contributed by atoms with Gasteiger partial charge >= 0.3 is 0 Å². The molecule has 12 aromatic carbocycles. The molecule has 5 heteroatoms. The first-order valence-electron chi connectivity index (χ1n) is 25.5. The van der Waals surface area contributed by atoms with Crippen LogP contribution in [0.3, 0.4) is 0 Å². The smallest absolute Gasteiger partial charge is 0.164 e. The van der Waals surface area contributed by atoms with Gasteiger partial charge in [-0.1, -0.05) is 255 Å². The minimum Gasteiger partial charge on any atom is -0.380 e. The summed E-state index contributed by atoms with van der Waals surface area (Å²) in [6, 6.07) is 84.5. The van der Waals surface area contributed by atoms with Crippen LogP contribution in [0.15, 0.2) is 255 Å². The van der Waals surface area contributed by atoms with E-state index in [4.69, 9.17) is 9.47 Å². The molecule has 0 aromatic heterocycles. The van der Waals surface area contributed by atoms with Gasteiger partial charge in [-0.2, -0.15) is 0 Å². The van der Waals surface area contributed by atoms with E-state index in [-0.39, 0.29) is 6.42 Å². The average molecular weight is 963 g/mol. The molecule has 1 aliphatic rings. The molecule has 1 heterocycles. The normalized spacial score (nSPS) is 17.2. The molecule has 1 saturated heterocycles. The number of hydrogen-bond donors (Lipinski definition) is 3. The summed E-state index contributed by atoms with van der Waals surface area (Å²) in [4.78, 5) is 0. The molecule has 0 bridgehead atoms. The molecule has 0 aliphatic carbocycles. The van der Waals surface area contributed by atoms with Gasteiger partial charge in [0.05, 0.1) is 0 Å². The molecule has 0 unspecified atom stereocenters. The largest absolute Gasteiger partial charge is 0.380 e. The maximum Gasteiger partial charge on any atom is 0.164 e. The van der Waals surface area contributed by atoms with Gasteiger partial charge in [0.2, 0.25) is 0 Å². The summed E-state index contributed by atoms with van der Waals surface area (Å²) >= 11 is 0. The fourth-order valence-corrected chi connectivity index (χ4v) is 13.0. The molecule has 5 nitrogen and oxygen atoms in total. The Morgan fingerprint density at radius 1 is 0.338 bits per heavy atom. The summed E-state index contributed by atoms with van der Waals surface area (Å²) in [6.07, 6.45) is -1.84. The molecule has 1 aliphatic heterocycles. The van der Waals surface area contributed by atoms with Crippen molar-refractivity contribution in [1.82, 2.24) is 0 Å². The highest BCUT2D eigenvalue weighted by atomic mass is 16.8. The first-order valence-corrected chi connectivity index (χ1v) is 25.5. The van der Waals surface area contributed by atoms with Crippen molar-refractivity contribution in [2.75, 3.05) is 0 Å². The highest BCUT2D eigenvalue weighted by Crippen LogP contribution is 2.63. The van der Waals surface area contributed by atoms with Gasteiger partial charge in [0, 0.05) is 6.42 Å². The van der Waals surface area contributed by atoms with Crippen LogP contribution in [0.2, 0.25) is 0 Å². The highest BCUT2D eigenvalue weighted by Gasteiger charge is 2.73. The molecular weight excluding hydrogens is 909 g/mol. The van der Waals surface area contributed by atoms with Gasteiger partial charge in [0.15, 0.2) is 5.79 Å². The number of aliphatic hydroxyl groups is 3. The minimum atomic E-state index is -2.26. The third-order valence-electron chi connectivity index (χ3n) is 16.0. The van der Waals surface area contributed by atoms with Gasteiger partial charge in [0.25, 0.3) is 0 Å². The van der Waals surface area contributed by atoms with Crippen LogP contribution in [0.25, 0.3) is 64.6 Å². The van der Waals surface area contributed by atoms with Crippen molar-refractivity contribution in [3.8, 4) is 0 Å². The SMILES string of the molecule is CC1(C)O[C@H](C(O)(c2cccc3ccccc23)c2cccc3ccccc23)[C@@](CC(O)(c2cccc3ccccc23)c2cccc3ccccc23)(C(O)(c2cccc3ccccc23)c2cccc3ccccc23)O1. The van der Waals surface area contributed by atoms with E-state index in [9.17, 15) is 0 Å². The Morgan fingerprint density at radius 2 is 0.595 bits per heavy atom. The second-order valence-corrected chi connectivity index (χ2v) is 20.6. The van der Waals surface area contributed by atoms with Gasteiger partial charge in [-0.25, -0.2) is 0 Å². The summed E-state index contributed by atoms with van der Waals surface area (Å²) in [5.74, 6) is -1.52. The highest BCUT2D eigenvalue weighted by molar-refractivity contribution is 5.95. The van der Waals surface area contributed by atoms with E-state index >= 15 is 15.3 Å². The summed E-state index contributed by atoms with van der Waals surface area (Å²) in [7, 11) is 0. The second kappa shape index (κ2) is 17.3. The number of ether oxygens (including phenoxy) is 2. The van der Waals surface area contributed by atoms with Crippen molar-refractivity contribution < 1.29 is 24.8 Å². The Labute approximate surface area is 430 Å². The maximum atomic E-state index is 15.8. The molecular formula is C69H54O5. The number of fused-ring (bicyclic) bond motifs is 6. The molecule has 0 radical (unpaired) electrons. The Bertz CT molecular complexity index is 3870. The maximum absolute atomic E-state index is 15.8. The topological polar surface area (TPSA) is 79.2 Å². The third-order valence-corrected chi connectivity index (χ3v) is 16.0. The second-order valence-electron chi connectivity index (χ2n) is 20.6. The molecule has 1 fully saturated rings. The zero-order chi connectivity index (χ0) is 50.3. The predicted octanol–water partition coefficient (Wildman–Crippen LogP) is 15.0. The molecule has 3 N–H and O–H groups in total. The Balaban J connectivity index is 1.26. The number of benzene rings is 12. The molecule has 0 spiro atoms. The molecule has 13 rings (SSSR count). The molecule has 74 heavy (non-hydrogen) atoms. The van der Waals surface area contributed by atoms with Crippen molar-refractivity contribution in [3.63, 3.8) is 0 Å². The fourth-order valence-electron chi connectivity index (χ4n) is 13.0. The van der Waals surface area contributed by atoms with E-state index in [2.05, 4.69) is 24.3 Å². The number of rotatable bonds is 10. The van der Waals surface area contributed by atoms with Crippen molar-refractivity contribution in [3.05, 3.63) is 288 Å². The quantitative estimate of drug-likeness (QED) is 0.127. The zero-order valence-corrected chi connectivity index (χ0v) is 41.2. The van der Waals surface area contributed by atoms with Crippen LogP contribution in [0.1, 0.15) is 53.6 Å². The third kappa shape index (κ3) is 6.89. The zero-order valence-electron chi connectivity index (χ0n) is 41.2. The predicted molar refractivity (Wildman–Crippen MR) is 300 cm³/mol. The molecule has 0 amide bonds. The van der Waals surface area contributed by atoms with Crippen LogP contribution >= 0.6 is 0 Å². The van der Waals surface area contributed by atoms with Crippen LogP contribution < -0.4 is 0 Å². The van der Waals surface area contributed by atoms with E-state index in [0.717, 1.165) is 64.6 Å². The monoisotopic (exact) mass is 962 g/mol. The van der Waals surface area contributed by atoms with E-state index in [0.29, 0.717) is 33.4 Å². The Morgan fingerprint density at radius 3 is 0.932 bits per heavy atom. The van der Waals surface area contributed by atoms with Crippen molar-refractivity contribution in [1.29, 1.82) is 0 Å². The Kier molecular flexibility index (Phi) is 10.7. The lowest BCUT2D eigenvalue weighted by molar-refractivity contribution is -0.225. The average Bonchev–Trinajstić information content (AvgIpc) is 3.79. The first-order chi connectivity index (χ1) is 36.0. The molecule has 2 atom stereocenters. The molecule has 0 saturated carbocycles. The lowest BCUT2D eigenvalue weighted by Crippen LogP contribution is -2.66. The Hall–Kier alpha value is -8.00. The number of hydrogen-bond acceptors (Lipinski definition) is 5. The molecule has 12 aromatic rings. The van der Waals surface area contributed by atoms with Gasteiger partial charge in [-0.15, -0.1) is 0 Å². The van der Waals surface area contributed by atoms with E-state index in [1.807, 2.05) is 244 Å². The lowest BCUT2D eigenvalue weighted by atomic mass is 9.58. The van der Waals surface area contributed by atoms with Crippen LogP contribution in [0.4, 0.5) is 0 Å². The first kappa shape index (κ1) is 45.8. The summed E-state index contributed by atoms with van der Waals surface area (Å²) < 4.78 is 15.7. The van der Waals surface area contributed by atoms with Crippen molar-refractivity contribution in [2.45, 2.75) is 54.6 Å². The summed E-state index contributed by atoms with van der Waals surface area (Å²) in [6.45, 7) is 3.71. The van der Waals surface area contributed by atoms with Crippen LogP contribution in [-0.2, 0) is 26.3 Å².